The molecule has 1 unspecified atom stereocenters. The first-order valence-electron chi connectivity index (χ1n) is 10.3. The average Bonchev–Trinajstić information content (AvgIpc) is 3.39. The summed E-state index contributed by atoms with van der Waals surface area (Å²) in [6.07, 6.45) is -2.22. The van der Waals surface area contributed by atoms with E-state index in [4.69, 9.17) is 4.74 Å². The zero-order valence-corrected chi connectivity index (χ0v) is 17.0. The van der Waals surface area contributed by atoms with Gasteiger partial charge in [0.05, 0.1) is 29.4 Å². The van der Waals surface area contributed by atoms with Crippen LogP contribution < -0.4 is 5.32 Å². The fraction of sp³-hybridized carbons (Fsp3) is 0.364. The van der Waals surface area contributed by atoms with E-state index in [0.717, 1.165) is 18.7 Å². The van der Waals surface area contributed by atoms with Gasteiger partial charge in [-0.1, -0.05) is 12.1 Å². The third-order valence-corrected chi connectivity index (χ3v) is 5.62. The van der Waals surface area contributed by atoms with E-state index in [-0.39, 0.29) is 11.6 Å². The van der Waals surface area contributed by atoms with Gasteiger partial charge in [-0.15, -0.1) is 0 Å². The molecular weight excluding hydrogens is 407 g/mol. The first-order valence-corrected chi connectivity index (χ1v) is 10.3. The number of nitrogens with zero attached hydrogens (tertiary/aromatic N) is 3. The minimum absolute atomic E-state index is 0.000115. The van der Waals surface area contributed by atoms with Crippen molar-refractivity contribution < 1.29 is 17.9 Å². The number of nitrogens with one attached hydrogen (secondary N) is 2. The van der Waals surface area contributed by atoms with Crippen LogP contribution in [0, 0.1) is 6.92 Å². The van der Waals surface area contributed by atoms with Gasteiger partial charge in [0.15, 0.2) is 11.5 Å². The quantitative estimate of drug-likeness (QED) is 0.508. The zero-order valence-electron chi connectivity index (χ0n) is 17.0. The lowest BCUT2D eigenvalue weighted by Crippen LogP contribution is -2.38. The number of hydrogen-bond acceptors (Lipinski definition) is 4. The second-order valence-corrected chi connectivity index (χ2v) is 7.83. The predicted octanol–water partition coefficient (Wildman–Crippen LogP) is 4.29. The lowest BCUT2D eigenvalue weighted by Gasteiger charge is -2.24. The number of pyridine rings is 1. The summed E-state index contributed by atoms with van der Waals surface area (Å²) in [7, 11) is 0. The SMILES string of the molecule is Cc1ccc2c(c1)nc(C(F)(F)F)c1nc(-c3ccc[nH]3)n(CCC3CNCCO3)c12. The molecule has 31 heavy (non-hydrogen) atoms. The van der Waals surface area contributed by atoms with Crippen molar-refractivity contribution in [1.29, 1.82) is 0 Å². The van der Waals surface area contributed by atoms with Crippen molar-refractivity contribution in [3.63, 3.8) is 0 Å². The maximum absolute atomic E-state index is 14.0. The Morgan fingerprint density at radius 2 is 2.10 bits per heavy atom. The number of rotatable bonds is 4. The van der Waals surface area contributed by atoms with Gasteiger partial charge < -0.3 is 19.6 Å². The van der Waals surface area contributed by atoms with E-state index in [0.29, 0.717) is 47.5 Å². The molecule has 4 aromatic rings. The van der Waals surface area contributed by atoms with E-state index in [1.165, 1.54) is 0 Å². The van der Waals surface area contributed by atoms with Crippen LogP contribution in [0.5, 0.6) is 0 Å². The van der Waals surface area contributed by atoms with Gasteiger partial charge in [-0.05, 0) is 37.1 Å². The van der Waals surface area contributed by atoms with Gasteiger partial charge in [0, 0.05) is 31.2 Å². The highest BCUT2D eigenvalue weighted by Crippen LogP contribution is 2.38. The molecule has 0 amide bonds. The molecule has 162 valence electrons. The minimum Gasteiger partial charge on any atom is -0.376 e. The van der Waals surface area contributed by atoms with E-state index >= 15 is 0 Å². The number of benzene rings is 1. The van der Waals surface area contributed by atoms with Crippen LogP contribution in [-0.4, -0.2) is 45.3 Å². The van der Waals surface area contributed by atoms with Crippen LogP contribution >= 0.6 is 0 Å². The average molecular weight is 429 g/mol. The third kappa shape index (κ3) is 3.68. The van der Waals surface area contributed by atoms with Crippen molar-refractivity contribution in [2.45, 2.75) is 32.2 Å². The number of morpholine rings is 1. The normalized spacial score (nSPS) is 17.6. The maximum Gasteiger partial charge on any atom is 0.435 e. The Hall–Kier alpha value is -2.91. The number of ether oxygens (including phenoxy) is 1. The van der Waals surface area contributed by atoms with E-state index in [1.807, 2.05) is 29.7 Å². The number of aromatic amines is 1. The van der Waals surface area contributed by atoms with Crippen LogP contribution in [0.3, 0.4) is 0 Å². The molecule has 1 aliphatic heterocycles. The Kier molecular flexibility index (Phi) is 4.94. The molecule has 1 atom stereocenters. The molecule has 1 fully saturated rings. The van der Waals surface area contributed by atoms with Crippen molar-refractivity contribution in [3.05, 3.63) is 47.8 Å². The van der Waals surface area contributed by atoms with E-state index < -0.39 is 11.9 Å². The van der Waals surface area contributed by atoms with Crippen LogP contribution in [0.1, 0.15) is 17.7 Å². The van der Waals surface area contributed by atoms with Crippen molar-refractivity contribution in [3.8, 4) is 11.5 Å². The Balaban J connectivity index is 1.75. The molecule has 1 aliphatic rings. The molecule has 1 saturated heterocycles. The van der Waals surface area contributed by atoms with Crippen LogP contribution in [-0.2, 0) is 17.5 Å². The van der Waals surface area contributed by atoms with Crippen LogP contribution in [0.15, 0.2) is 36.5 Å². The highest BCUT2D eigenvalue weighted by atomic mass is 19.4. The zero-order chi connectivity index (χ0) is 21.6. The molecule has 0 aliphatic carbocycles. The van der Waals surface area contributed by atoms with Crippen molar-refractivity contribution >= 4 is 21.9 Å². The predicted molar refractivity (Wildman–Crippen MR) is 112 cm³/mol. The summed E-state index contributed by atoms with van der Waals surface area (Å²) in [4.78, 5) is 11.5. The van der Waals surface area contributed by atoms with Gasteiger partial charge in [-0.25, -0.2) is 9.97 Å². The number of halogens is 3. The number of aromatic nitrogens is 4. The lowest BCUT2D eigenvalue weighted by atomic mass is 10.1. The van der Waals surface area contributed by atoms with Crippen LogP contribution in [0.25, 0.3) is 33.5 Å². The van der Waals surface area contributed by atoms with Crippen molar-refractivity contribution in [2.75, 3.05) is 19.7 Å². The van der Waals surface area contributed by atoms with Crippen molar-refractivity contribution in [2.24, 2.45) is 0 Å². The molecule has 0 spiro atoms. The summed E-state index contributed by atoms with van der Waals surface area (Å²) in [5.41, 5.74) is 1.19. The summed E-state index contributed by atoms with van der Waals surface area (Å²) in [6, 6.07) is 9.01. The second kappa shape index (κ2) is 7.65. The van der Waals surface area contributed by atoms with Gasteiger partial charge in [-0.3, -0.25) is 0 Å². The Labute approximate surface area is 176 Å². The second-order valence-electron chi connectivity index (χ2n) is 7.83. The van der Waals surface area contributed by atoms with Gasteiger partial charge in [0.25, 0.3) is 0 Å². The highest BCUT2D eigenvalue weighted by Gasteiger charge is 2.37. The molecule has 5 rings (SSSR count). The number of imidazole rings is 1. The summed E-state index contributed by atoms with van der Waals surface area (Å²) in [6.45, 7) is 4.47. The fourth-order valence-corrected chi connectivity index (χ4v) is 4.17. The Morgan fingerprint density at radius 3 is 2.81 bits per heavy atom. The van der Waals surface area contributed by atoms with E-state index in [2.05, 4.69) is 20.3 Å². The summed E-state index contributed by atoms with van der Waals surface area (Å²) < 4.78 is 49.5. The summed E-state index contributed by atoms with van der Waals surface area (Å²) >= 11 is 0. The fourth-order valence-electron chi connectivity index (χ4n) is 4.17. The lowest BCUT2D eigenvalue weighted by molar-refractivity contribution is -0.139. The molecule has 9 heteroatoms. The summed E-state index contributed by atoms with van der Waals surface area (Å²) in [5, 5.41) is 3.95. The van der Waals surface area contributed by atoms with Crippen LogP contribution in [0.2, 0.25) is 0 Å². The van der Waals surface area contributed by atoms with Gasteiger partial charge in [0.1, 0.15) is 5.52 Å². The molecule has 3 aromatic heterocycles. The maximum atomic E-state index is 14.0. The molecule has 6 nitrogen and oxygen atoms in total. The third-order valence-electron chi connectivity index (χ3n) is 5.62. The summed E-state index contributed by atoms with van der Waals surface area (Å²) in [5.74, 6) is 0.462. The first kappa shape index (κ1) is 20.0. The standard InChI is InChI=1S/C22H22F3N5O/c1-13-4-5-15-17(11-13)28-20(22(23,24)25)18-19(15)30(9-6-14-12-26-8-10-31-14)21(29-18)16-3-2-7-27-16/h2-5,7,11,14,26-27H,6,8-10,12H2,1H3. The molecule has 0 bridgehead atoms. The number of aryl methyl sites for hydroxylation is 2. The smallest absolute Gasteiger partial charge is 0.376 e. The van der Waals surface area contributed by atoms with E-state index in [9.17, 15) is 13.2 Å². The molecule has 0 saturated carbocycles. The number of H-pyrrole nitrogens is 1. The largest absolute Gasteiger partial charge is 0.435 e. The van der Waals surface area contributed by atoms with Gasteiger partial charge in [-0.2, -0.15) is 13.2 Å². The first-order chi connectivity index (χ1) is 14.9. The van der Waals surface area contributed by atoms with Crippen molar-refractivity contribution in [1.82, 2.24) is 24.8 Å². The Bertz CT molecular complexity index is 1220. The molecular formula is C22H22F3N5O. The molecule has 4 heterocycles. The molecule has 2 N–H and O–H groups in total. The van der Waals surface area contributed by atoms with Gasteiger partial charge in [0.2, 0.25) is 0 Å². The van der Waals surface area contributed by atoms with Gasteiger partial charge >= 0.3 is 6.18 Å². The number of hydrogen-bond donors (Lipinski definition) is 2. The number of alkyl halides is 3. The molecule has 1 aromatic carbocycles. The molecule has 0 radical (unpaired) electrons. The monoisotopic (exact) mass is 429 g/mol. The minimum atomic E-state index is -4.61. The topological polar surface area (TPSA) is 67.8 Å². The number of fused-ring (bicyclic) bond motifs is 3. The van der Waals surface area contributed by atoms with E-state index in [1.54, 1.807) is 18.3 Å². The highest BCUT2D eigenvalue weighted by molar-refractivity contribution is 6.05. The van der Waals surface area contributed by atoms with Crippen LogP contribution in [0.4, 0.5) is 13.2 Å². The Morgan fingerprint density at radius 1 is 1.23 bits per heavy atom.